The van der Waals surface area contributed by atoms with E-state index in [-0.39, 0.29) is 0 Å². The van der Waals surface area contributed by atoms with Crippen LogP contribution in [0.3, 0.4) is 0 Å². The fraction of sp³-hybridized carbons (Fsp3) is 0.0588. The molecule has 0 atom stereocenters. The maximum Gasteiger partial charge on any atom is 0.0652 e. The monoisotopic (exact) mass is 301 g/mol. The van der Waals surface area contributed by atoms with Crippen molar-refractivity contribution in [3.63, 3.8) is 0 Å². The molecule has 0 radical (unpaired) electrons. The average molecular weight is 302 g/mol. The Morgan fingerprint density at radius 2 is 1.65 bits per heavy atom. The molecule has 20 heavy (non-hydrogen) atoms. The van der Waals surface area contributed by atoms with Crippen LogP contribution >= 0.6 is 23.2 Å². The smallest absolute Gasteiger partial charge is 0.0652 e. The third-order valence-electron chi connectivity index (χ3n) is 3.28. The standard InChI is InChI=1S/C17H13Cl2N/c18-14-8-9-17(16(19)10-14)20-11-13-6-3-5-12-4-1-2-7-15(12)13/h1-10,20H,11H2. The van der Waals surface area contributed by atoms with Gasteiger partial charge in [-0.25, -0.2) is 0 Å². The predicted molar refractivity (Wildman–Crippen MR) is 87.7 cm³/mol. The second-order valence-corrected chi connectivity index (χ2v) is 5.46. The van der Waals surface area contributed by atoms with Crippen LogP contribution in [0.5, 0.6) is 0 Å². The van der Waals surface area contributed by atoms with E-state index in [9.17, 15) is 0 Å². The molecule has 0 spiro atoms. The topological polar surface area (TPSA) is 12.0 Å². The van der Waals surface area contributed by atoms with E-state index in [1.54, 1.807) is 6.07 Å². The van der Waals surface area contributed by atoms with E-state index in [1.165, 1.54) is 16.3 Å². The molecule has 3 heteroatoms. The first-order valence-electron chi connectivity index (χ1n) is 6.39. The Morgan fingerprint density at radius 3 is 2.50 bits per heavy atom. The maximum atomic E-state index is 6.17. The minimum Gasteiger partial charge on any atom is -0.380 e. The Hall–Kier alpha value is -1.70. The van der Waals surface area contributed by atoms with E-state index in [0.717, 1.165) is 12.2 Å². The quantitative estimate of drug-likeness (QED) is 0.648. The molecule has 0 bridgehead atoms. The first kappa shape index (κ1) is 13.3. The molecule has 3 aromatic rings. The van der Waals surface area contributed by atoms with Crippen LogP contribution in [0.4, 0.5) is 5.69 Å². The first-order valence-corrected chi connectivity index (χ1v) is 7.15. The molecule has 3 rings (SSSR count). The Morgan fingerprint density at radius 1 is 0.850 bits per heavy atom. The zero-order valence-corrected chi connectivity index (χ0v) is 12.2. The van der Waals surface area contributed by atoms with Gasteiger partial charge in [0.15, 0.2) is 0 Å². The van der Waals surface area contributed by atoms with Crippen LogP contribution < -0.4 is 5.32 Å². The molecule has 0 aliphatic heterocycles. The van der Waals surface area contributed by atoms with Gasteiger partial charge in [-0.1, -0.05) is 65.7 Å². The van der Waals surface area contributed by atoms with Crippen molar-refractivity contribution in [1.82, 2.24) is 0 Å². The summed E-state index contributed by atoms with van der Waals surface area (Å²) in [5, 5.41) is 7.14. The van der Waals surface area contributed by atoms with Crippen molar-refractivity contribution in [3.8, 4) is 0 Å². The summed E-state index contributed by atoms with van der Waals surface area (Å²) < 4.78 is 0. The zero-order chi connectivity index (χ0) is 13.9. The van der Waals surface area contributed by atoms with Gasteiger partial charge >= 0.3 is 0 Å². The average Bonchev–Trinajstić information content (AvgIpc) is 2.46. The molecule has 0 aromatic heterocycles. The minimum absolute atomic E-state index is 0.637. The van der Waals surface area contributed by atoms with Gasteiger partial charge in [0, 0.05) is 11.6 Å². The number of rotatable bonds is 3. The first-order chi connectivity index (χ1) is 9.74. The van der Waals surface area contributed by atoms with E-state index < -0.39 is 0 Å². The van der Waals surface area contributed by atoms with Gasteiger partial charge in [-0.3, -0.25) is 0 Å². The summed E-state index contributed by atoms with van der Waals surface area (Å²) in [5.41, 5.74) is 2.14. The third kappa shape index (κ3) is 2.74. The van der Waals surface area contributed by atoms with E-state index in [0.29, 0.717) is 10.0 Å². The fourth-order valence-electron chi connectivity index (χ4n) is 2.27. The van der Waals surface area contributed by atoms with Crippen molar-refractivity contribution in [2.24, 2.45) is 0 Å². The van der Waals surface area contributed by atoms with Gasteiger partial charge in [0.2, 0.25) is 0 Å². The molecule has 100 valence electrons. The van der Waals surface area contributed by atoms with E-state index in [1.807, 2.05) is 12.1 Å². The van der Waals surface area contributed by atoms with Crippen molar-refractivity contribution in [1.29, 1.82) is 0 Å². The van der Waals surface area contributed by atoms with Crippen molar-refractivity contribution >= 4 is 39.7 Å². The second kappa shape index (κ2) is 5.74. The highest BCUT2D eigenvalue weighted by Gasteiger charge is 2.03. The Balaban J connectivity index is 1.87. The lowest BCUT2D eigenvalue weighted by atomic mass is 10.0. The van der Waals surface area contributed by atoms with Gasteiger partial charge in [0.25, 0.3) is 0 Å². The highest BCUT2D eigenvalue weighted by molar-refractivity contribution is 6.36. The van der Waals surface area contributed by atoms with E-state index >= 15 is 0 Å². The van der Waals surface area contributed by atoms with E-state index in [2.05, 4.69) is 47.8 Å². The number of halogens is 2. The normalized spacial score (nSPS) is 10.7. The van der Waals surface area contributed by atoms with Crippen LogP contribution in [0.15, 0.2) is 60.7 Å². The molecule has 0 saturated carbocycles. The highest BCUT2D eigenvalue weighted by Crippen LogP contribution is 2.26. The van der Waals surface area contributed by atoms with Gasteiger partial charge in [-0.2, -0.15) is 0 Å². The van der Waals surface area contributed by atoms with Crippen LogP contribution in [0.2, 0.25) is 10.0 Å². The second-order valence-electron chi connectivity index (χ2n) is 4.62. The van der Waals surface area contributed by atoms with Crippen LogP contribution in [0.25, 0.3) is 10.8 Å². The summed E-state index contributed by atoms with van der Waals surface area (Å²) >= 11 is 12.1. The molecular weight excluding hydrogens is 289 g/mol. The minimum atomic E-state index is 0.637. The SMILES string of the molecule is Clc1ccc(NCc2cccc3ccccc23)c(Cl)c1. The molecule has 0 amide bonds. The number of hydrogen-bond donors (Lipinski definition) is 1. The molecule has 0 aliphatic carbocycles. The van der Waals surface area contributed by atoms with Crippen LogP contribution in [-0.4, -0.2) is 0 Å². The molecular formula is C17H13Cl2N. The number of nitrogens with one attached hydrogen (secondary N) is 1. The molecule has 0 heterocycles. The third-order valence-corrected chi connectivity index (χ3v) is 3.83. The van der Waals surface area contributed by atoms with Crippen LogP contribution in [0.1, 0.15) is 5.56 Å². The lowest BCUT2D eigenvalue weighted by Gasteiger charge is -2.11. The van der Waals surface area contributed by atoms with Crippen molar-refractivity contribution in [2.45, 2.75) is 6.54 Å². The molecule has 3 aromatic carbocycles. The number of hydrogen-bond acceptors (Lipinski definition) is 1. The Bertz CT molecular complexity index is 748. The van der Waals surface area contributed by atoms with Gasteiger partial charge in [-0.05, 0) is 34.5 Å². The molecule has 0 aliphatic rings. The number of anilines is 1. The summed E-state index contributed by atoms with van der Waals surface area (Å²) in [6.45, 7) is 0.725. The molecule has 0 saturated heterocycles. The fourth-order valence-corrected chi connectivity index (χ4v) is 2.75. The maximum absolute atomic E-state index is 6.17. The summed E-state index contributed by atoms with van der Waals surface area (Å²) in [7, 11) is 0. The zero-order valence-electron chi connectivity index (χ0n) is 10.7. The van der Waals surface area contributed by atoms with Gasteiger partial charge in [0.1, 0.15) is 0 Å². The summed E-state index contributed by atoms with van der Waals surface area (Å²) in [5.74, 6) is 0. The molecule has 1 nitrogen and oxygen atoms in total. The van der Waals surface area contributed by atoms with Crippen LogP contribution in [0, 0.1) is 0 Å². The lowest BCUT2D eigenvalue weighted by Crippen LogP contribution is -2.00. The van der Waals surface area contributed by atoms with Gasteiger partial charge in [0.05, 0.1) is 10.7 Å². The van der Waals surface area contributed by atoms with Gasteiger partial charge in [-0.15, -0.1) is 0 Å². The van der Waals surface area contributed by atoms with Crippen molar-refractivity contribution < 1.29 is 0 Å². The van der Waals surface area contributed by atoms with Crippen LogP contribution in [-0.2, 0) is 6.54 Å². The summed E-state index contributed by atoms with van der Waals surface area (Å²) in [6, 6.07) is 20.2. The molecule has 0 unspecified atom stereocenters. The number of benzene rings is 3. The number of fused-ring (bicyclic) bond motifs is 1. The predicted octanol–water partition coefficient (Wildman–Crippen LogP) is 5.76. The lowest BCUT2D eigenvalue weighted by molar-refractivity contribution is 1.17. The van der Waals surface area contributed by atoms with E-state index in [4.69, 9.17) is 23.2 Å². The summed E-state index contributed by atoms with van der Waals surface area (Å²) in [6.07, 6.45) is 0. The summed E-state index contributed by atoms with van der Waals surface area (Å²) in [4.78, 5) is 0. The van der Waals surface area contributed by atoms with Crippen molar-refractivity contribution in [2.75, 3.05) is 5.32 Å². The Labute approximate surface area is 128 Å². The molecule has 0 fully saturated rings. The molecule has 1 N–H and O–H groups in total. The largest absolute Gasteiger partial charge is 0.380 e. The Kier molecular flexibility index (Phi) is 3.81. The van der Waals surface area contributed by atoms with Gasteiger partial charge < -0.3 is 5.32 Å². The van der Waals surface area contributed by atoms with Crippen molar-refractivity contribution in [3.05, 3.63) is 76.3 Å². The highest BCUT2D eigenvalue weighted by atomic mass is 35.5.